The molecule has 0 fully saturated rings. The van der Waals surface area contributed by atoms with Gasteiger partial charge in [-0.2, -0.15) is 0 Å². The van der Waals surface area contributed by atoms with Gasteiger partial charge in [0.2, 0.25) is 0 Å². The van der Waals surface area contributed by atoms with E-state index in [1.165, 1.54) is 16.9 Å². The number of para-hydroxylation sites is 1. The van der Waals surface area contributed by atoms with Crippen LogP contribution in [0.25, 0.3) is 34.3 Å². The third kappa shape index (κ3) is 6.64. The molecule has 0 aliphatic carbocycles. The molecule has 7 aromatic rings. The number of nitrogens with one attached hydrogen (secondary N) is 1. The molecule has 3 heterocycles. The van der Waals surface area contributed by atoms with Crippen LogP contribution in [0.1, 0.15) is 36.6 Å². The van der Waals surface area contributed by atoms with Crippen LogP contribution >= 0.6 is 11.3 Å². The van der Waals surface area contributed by atoms with Crippen molar-refractivity contribution in [2.75, 3.05) is 11.9 Å². The van der Waals surface area contributed by atoms with E-state index in [4.69, 9.17) is 9.73 Å². The fraction of sp³-hybridized carbons (Fsp3) is 0.109. The summed E-state index contributed by atoms with van der Waals surface area (Å²) in [6, 6.07) is 47.4. The number of hydrogen-bond acceptors (Lipinski definition) is 5. The van der Waals surface area contributed by atoms with E-state index in [9.17, 15) is 9.59 Å². The topological polar surface area (TPSA) is 77.6 Å². The molecule has 1 N–H and O–H groups in total. The normalized spacial score (nSPS) is 14.1. The second-order valence-corrected chi connectivity index (χ2v) is 14.1. The first-order valence-electron chi connectivity index (χ1n) is 17.9. The lowest BCUT2D eigenvalue weighted by molar-refractivity contribution is -0.113. The summed E-state index contributed by atoms with van der Waals surface area (Å²) >= 11 is 1.33. The van der Waals surface area contributed by atoms with Gasteiger partial charge in [-0.3, -0.25) is 14.2 Å². The number of allylic oxidation sites excluding steroid dienone is 1. The number of thiazole rings is 1. The number of anilines is 1. The number of aromatic nitrogens is 2. The van der Waals surface area contributed by atoms with Crippen molar-refractivity contribution in [1.82, 2.24) is 9.13 Å². The molecular formula is C46H38N4O3S. The fourth-order valence-electron chi connectivity index (χ4n) is 7.02. The van der Waals surface area contributed by atoms with E-state index in [0.29, 0.717) is 38.6 Å². The maximum Gasteiger partial charge on any atom is 0.271 e. The lowest BCUT2D eigenvalue weighted by atomic mass is 9.95. The van der Waals surface area contributed by atoms with E-state index in [2.05, 4.69) is 71.4 Å². The number of amides is 1. The van der Waals surface area contributed by atoms with Gasteiger partial charge in [0, 0.05) is 16.9 Å². The molecule has 0 bridgehead atoms. The minimum atomic E-state index is -0.714. The maximum atomic E-state index is 14.8. The number of rotatable bonds is 9. The molecule has 1 atom stereocenters. The molecule has 0 saturated heterocycles. The number of aryl methyl sites for hydroxylation is 1. The largest absolute Gasteiger partial charge is 0.494 e. The Labute approximate surface area is 317 Å². The summed E-state index contributed by atoms with van der Waals surface area (Å²) in [5, 5.41) is 3.04. The highest BCUT2D eigenvalue weighted by Crippen LogP contribution is 2.37. The lowest BCUT2D eigenvalue weighted by Gasteiger charge is -2.25. The quantitative estimate of drug-likeness (QED) is 0.162. The van der Waals surface area contributed by atoms with Gasteiger partial charge in [0.05, 0.1) is 39.8 Å². The molecule has 2 aromatic heterocycles. The highest BCUT2D eigenvalue weighted by molar-refractivity contribution is 7.07. The Hall–Kier alpha value is -6.51. The molecule has 0 radical (unpaired) electrons. The van der Waals surface area contributed by atoms with Crippen molar-refractivity contribution < 1.29 is 9.53 Å². The summed E-state index contributed by atoms with van der Waals surface area (Å²) < 4.78 is 10.2. The van der Waals surface area contributed by atoms with Gasteiger partial charge in [0.25, 0.3) is 11.5 Å². The molecule has 5 aromatic carbocycles. The zero-order valence-electron chi connectivity index (χ0n) is 30.2. The Kier molecular flexibility index (Phi) is 9.51. The van der Waals surface area contributed by atoms with Crippen LogP contribution in [-0.4, -0.2) is 21.6 Å². The van der Waals surface area contributed by atoms with E-state index < -0.39 is 6.04 Å². The van der Waals surface area contributed by atoms with Gasteiger partial charge >= 0.3 is 0 Å². The molecule has 266 valence electrons. The van der Waals surface area contributed by atoms with E-state index >= 15 is 0 Å². The predicted octanol–water partition coefficient (Wildman–Crippen LogP) is 8.71. The van der Waals surface area contributed by atoms with Crippen molar-refractivity contribution in [2.24, 2.45) is 4.99 Å². The highest BCUT2D eigenvalue weighted by Gasteiger charge is 2.33. The van der Waals surface area contributed by atoms with Gasteiger partial charge < -0.3 is 14.6 Å². The van der Waals surface area contributed by atoms with Crippen LogP contribution in [0.4, 0.5) is 5.69 Å². The Balaban J connectivity index is 1.35. The van der Waals surface area contributed by atoms with Crippen LogP contribution in [0.5, 0.6) is 5.75 Å². The maximum absolute atomic E-state index is 14.8. The average Bonchev–Trinajstić information content (AvgIpc) is 3.72. The number of carbonyl (C=O) groups is 1. The predicted molar refractivity (Wildman–Crippen MR) is 218 cm³/mol. The first-order chi connectivity index (χ1) is 26.4. The van der Waals surface area contributed by atoms with Crippen LogP contribution in [0.3, 0.4) is 0 Å². The Bertz CT molecular complexity index is 2680. The lowest BCUT2D eigenvalue weighted by Crippen LogP contribution is -2.40. The molecule has 8 heteroatoms. The zero-order valence-corrected chi connectivity index (χ0v) is 31.0. The van der Waals surface area contributed by atoms with E-state index in [-0.39, 0.29) is 11.5 Å². The molecule has 7 nitrogen and oxygen atoms in total. The van der Waals surface area contributed by atoms with Gasteiger partial charge in [-0.25, -0.2) is 4.99 Å². The first-order valence-corrected chi connectivity index (χ1v) is 18.8. The third-order valence-corrected chi connectivity index (χ3v) is 10.5. The van der Waals surface area contributed by atoms with Crippen molar-refractivity contribution in [3.05, 3.63) is 193 Å². The van der Waals surface area contributed by atoms with E-state index in [1.807, 2.05) is 111 Å². The molecular weight excluding hydrogens is 689 g/mol. The number of nitrogens with zero attached hydrogens (tertiary/aromatic N) is 3. The minimum absolute atomic E-state index is 0.224. The molecule has 1 aliphatic rings. The number of ether oxygens (including phenoxy) is 1. The highest BCUT2D eigenvalue weighted by atomic mass is 32.1. The monoisotopic (exact) mass is 726 g/mol. The van der Waals surface area contributed by atoms with Crippen molar-refractivity contribution in [3.63, 3.8) is 0 Å². The van der Waals surface area contributed by atoms with Gasteiger partial charge in [0.15, 0.2) is 4.80 Å². The number of fused-ring (bicyclic) bond motifs is 1. The Morgan fingerprint density at radius 1 is 0.815 bits per heavy atom. The van der Waals surface area contributed by atoms with Crippen LogP contribution < -0.4 is 24.9 Å². The number of benzene rings is 5. The molecule has 1 amide bonds. The number of carbonyl (C=O) groups excluding carboxylic acids is 1. The summed E-state index contributed by atoms with van der Waals surface area (Å²) in [5.41, 5.74) is 9.28. The molecule has 54 heavy (non-hydrogen) atoms. The minimum Gasteiger partial charge on any atom is -0.494 e. The third-order valence-electron chi connectivity index (χ3n) is 9.53. The van der Waals surface area contributed by atoms with Crippen molar-refractivity contribution in [1.29, 1.82) is 0 Å². The smallest absolute Gasteiger partial charge is 0.271 e. The van der Waals surface area contributed by atoms with Crippen molar-refractivity contribution in [3.8, 4) is 34.0 Å². The Morgan fingerprint density at radius 3 is 2.09 bits per heavy atom. The summed E-state index contributed by atoms with van der Waals surface area (Å²) in [6.45, 7) is 6.38. The number of hydrogen-bond donors (Lipinski definition) is 1. The van der Waals surface area contributed by atoms with Crippen molar-refractivity contribution >= 4 is 29.0 Å². The van der Waals surface area contributed by atoms with Gasteiger partial charge in [-0.05, 0) is 86.0 Å². The van der Waals surface area contributed by atoms with Crippen LogP contribution in [-0.2, 0) is 4.79 Å². The second-order valence-electron chi connectivity index (χ2n) is 13.1. The van der Waals surface area contributed by atoms with E-state index in [0.717, 1.165) is 39.3 Å². The zero-order chi connectivity index (χ0) is 37.2. The Morgan fingerprint density at radius 2 is 1.44 bits per heavy atom. The first kappa shape index (κ1) is 34.6. The standard InChI is InChI=1S/C46H38N4O3S/c1-4-53-38-26-22-34(23-27-38)43-41(44(51)48-36-18-12-7-13-19-36)31(3)47-46-50(43)45(52)40(54-46)29-35-28-39(32-14-8-5-9-15-32)49(37-24-20-30(2)21-25-37)42(35)33-16-10-6-11-17-33/h5-29,43H,4H2,1-3H3,(H,48,51)/b40-29-/t43-/m0/s1. The molecule has 8 rings (SSSR count). The molecule has 1 aliphatic heterocycles. The van der Waals surface area contributed by atoms with Crippen LogP contribution in [0.15, 0.2) is 167 Å². The molecule has 0 unspecified atom stereocenters. The molecule has 0 spiro atoms. The van der Waals surface area contributed by atoms with Crippen LogP contribution in [0.2, 0.25) is 0 Å². The van der Waals surface area contributed by atoms with Gasteiger partial charge in [-0.1, -0.05) is 120 Å². The molecule has 0 saturated carbocycles. The van der Waals surface area contributed by atoms with E-state index in [1.54, 1.807) is 4.57 Å². The summed E-state index contributed by atoms with van der Waals surface area (Å²) in [5.74, 6) is 0.398. The van der Waals surface area contributed by atoms with Gasteiger partial charge in [-0.15, -0.1) is 0 Å². The van der Waals surface area contributed by atoms with Crippen LogP contribution in [0, 0.1) is 6.92 Å². The summed E-state index contributed by atoms with van der Waals surface area (Å²) in [4.78, 5) is 34.3. The van der Waals surface area contributed by atoms with Crippen molar-refractivity contribution in [2.45, 2.75) is 26.8 Å². The second kappa shape index (κ2) is 14.8. The van der Waals surface area contributed by atoms with Gasteiger partial charge in [0.1, 0.15) is 5.75 Å². The fourth-order valence-corrected chi connectivity index (χ4v) is 8.05. The summed E-state index contributed by atoms with van der Waals surface area (Å²) in [6.07, 6.45) is 1.97. The SMILES string of the molecule is CCOc1ccc([C@H]2C(C(=O)Nc3ccccc3)=C(C)N=c3s/c(=C\c4cc(-c5ccccc5)n(-c5ccc(C)cc5)c4-c4ccccc4)c(=O)n32)cc1. The average molecular weight is 727 g/mol. The summed E-state index contributed by atoms with van der Waals surface area (Å²) in [7, 11) is 0.